The lowest BCUT2D eigenvalue weighted by molar-refractivity contribution is -0.0296. The van der Waals surface area contributed by atoms with Crippen molar-refractivity contribution in [2.24, 2.45) is 0 Å². The van der Waals surface area contributed by atoms with Crippen molar-refractivity contribution >= 4 is 0 Å². The molecule has 0 amide bonds. The highest BCUT2D eigenvalue weighted by Gasteiger charge is 2.12. The summed E-state index contributed by atoms with van der Waals surface area (Å²) in [7, 11) is 0. The molecule has 1 N–H and O–H groups in total. The van der Waals surface area contributed by atoms with E-state index in [9.17, 15) is 0 Å². The summed E-state index contributed by atoms with van der Waals surface area (Å²) in [5, 5.41) is 3.33. The molecule has 1 rings (SSSR count). The minimum absolute atomic E-state index is 0.394. The molecule has 0 bridgehead atoms. The summed E-state index contributed by atoms with van der Waals surface area (Å²) >= 11 is 0. The lowest BCUT2D eigenvalue weighted by Crippen LogP contribution is -2.33. The molecule has 0 aromatic carbocycles. The summed E-state index contributed by atoms with van der Waals surface area (Å²) < 4.78 is 33.1. The number of hydrogen-bond donors (Lipinski definition) is 1. The van der Waals surface area contributed by atoms with Crippen molar-refractivity contribution in [3.8, 4) is 0 Å². The zero-order valence-corrected chi connectivity index (χ0v) is 17.3. The summed E-state index contributed by atoms with van der Waals surface area (Å²) in [4.78, 5) is 0. The summed E-state index contributed by atoms with van der Waals surface area (Å²) in [6.45, 7) is 11.2. The number of ether oxygens (including phenoxy) is 6. The molecule has 1 aliphatic rings. The molecule has 0 aromatic heterocycles. The molecule has 1 heterocycles. The van der Waals surface area contributed by atoms with Crippen molar-refractivity contribution in [2.75, 3.05) is 85.8 Å². The van der Waals surface area contributed by atoms with Gasteiger partial charge in [-0.1, -0.05) is 19.8 Å². The van der Waals surface area contributed by atoms with Crippen LogP contribution in [0.4, 0.5) is 0 Å². The van der Waals surface area contributed by atoms with Crippen LogP contribution in [0.3, 0.4) is 0 Å². The Hall–Kier alpha value is -0.280. The van der Waals surface area contributed by atoms with Gasteiger partial charge in [-0.25, -0.2) is 0 Å². The zero-order chi connectivity index (χ0) is 19.3. The van der Waals surface area contributed by atoms with Crippen LogP contribution in [-0.4, -0.2) is 91.9 Å². The Labute approximate surface area is 165 Å². The van der Waals surface area contributed by atoms with Crippen LogP contribution in [-0.2, 0) is 28.4 Å². The first-order valence-corrected chi connectivity index (χ1v) is 10.6. The summed E-state index contributed by atoms with van der Waals surface area (Å²) in [6, 6.07) is 0. The van der Waals surface area contributed by atoms with E-state index in [1.54, 1.807) is 0 Å². The second-order valence-corrected chi connectivity index (χ2v) is 6.59. The van der Waals surface area contributed by atoms with E-state index >= 15 is 0 Å². The summed E-state index contributed by atoms with van der Waals surface area (Å²) in [5.74, 6) is 0. The van der Waals surface area contributed by atoms with Gasteiger partial charge in [0.1, 0.15) is 0 Å². The van der Waals surface area contributed by atoms with E-state index in [-0.39, 0.29) is 0 Å². The lowest BCUT2D eigenvalue weighted by Gasteiger charge is -2.22. The largest absolute Gasteiger partial charge is 0.379 e. The number of nitrogens with one attached hydrogen (secondary N) is 1. The first-order valence-electron chi connectivity index (χ1n) is 10.6. The van der Waals surface area contributed by atoms with Crippen molar-refractivity contribution in [3.63, 3.8) is 0 Å². The van der Waals surface area contributed by atoms with E-state index in [1.807, 2.05) is 0 Å². The molecule has 7 nitrogen and oxygen atoms in total. The monoisotopic (exact) mass is 391 g/mol. The van der Waals surface area contributed by atoms with Crippen LogP contribution in [0.2, 0.25) is 0 Å². The molecular weight excluding hydrogens is 350 g/mol. The Bertz CT molecular complexity index is 290. The minimum atomic E-state index is 0.394. The average molecular weight is 392 g/mol. The highest BCUT2D eigenvalue weighted by Crippen LogP contribution is 2.06. The van der Waals surface area contributed by atoms with Crippen molar-refractivity contribution in [1.29, 1.82) is 0 Å². The van der Waals surface area contributed by atoms with Gasteiger partial charge in [-0.2, -0.15) is 0 Å². The molecule has 1 saturated heterocycles. The van der Waals surface area contributed by atoms with Crippen LogP contribution in [0.5, 0.6) is 0 Å². The van der Waals surface area contributed by atoms with Gasteiger partial charge in [-0.05, 0) is 32.4 Å². The average Bonchev–Trinajstić information content (AvgIpc) is 2.70. The van der Waals surface area contributed by atoms with E-state index in [2.05, 4.69) is 12.2 Å². The normalized spacial score (nSPS) is 15.4. The maximum Gasteiger partial charge on any atom is 0.0704 e. The molecule has 0 aliphatic carbocycles. The Morgan fingerprint density at radius 3 is 1.52 bits per heavy atom. The van der Waals surface area contributed by atoms with Gasteiger partial charge in [-0.3, -0.25) is 0 Å². The van der Waals surface area contributed by atoms with E-state index in [4.69, 9.17) is 28.4 Å². The van der Waals surface area contributed by atoms with Crippen LogP contribution < -0.4 is 5.32 Å². The SMILES string of the molecule is CCCCCOCCOCCOCCOCCOCCOC1CCNCC1. The highest BCUT2D eigenvalue weighted by atomic mass is 16.6. The Kier molecular flexibility index (Phi) is 18.8. The summed E-state index contributed by atoms with van der Waals surface area (Å²) in [5.41, 5.74) is 0. The lowest BCUT2D eigenvalue weighted by atomic mass is 10.1. The molecule has 1 aliphatic heterocycles. The molecule has 1 fully saturated rings. The molecule has 0 aromatic rings. The highest BCUT2D eigenvalue weighted by molar-refractivity contribution is 4.67. The van der Waals surface area contributed by atoms with Crippen LogP contribution >= 0.6 is 0 Å². The first-order chi connectivity index (χ1) is 13.4. The van der Waals surface area contributed by atoms with E-state index < -0.39 is 0 Å². The van der Waals surface area contributed by atoms with Gasteiger partial charge in [0.05, 0.1) is 72.2 Å². The van der Waals surface area contributed by atoms with Gasteiger partial charge in [-0.15, -0.1) is 0 Å². The van der Waals surface area contributed by atoms with Crippen molar-refractivity contribution in [3.05, 3.63) is 0 Å². The maximum atomic E-state index is 5.77. The third kappa shape index (κ3) is 17.5. The van der Waals surface area contributed by atoms with Gasteiger partial charge in [0.15, 0.2) is 0 Å². The van der Waals surface area contributed by atoms with Gasteiger partial charge < -0.3 is 33.7 Å². The molecule has 0 spiro atoms. The first kappa shape index (κ1) is 24.8. The second kappa shape index (κ2) is 20.5. The Morgan fingerprint density at radius 2 is 1.04 bits per heavy atom. The molecular formula is C20H41NO6. The van der Waals surface area contributed by atoms with Gasteiger partial charge in [0, 0.05) is 6.61 Å². The predicted molar refractivity (Wildman–Crippen MR) is 105 cm³/mol. The van der Waals surface area contributed by atoms with Crippen molar-refractivity contribution in [1.82, 2.24) is 5.32 Å². The van der Waals surface area contributed by atoms with Crippen LogP contribution in [0.1, 0.15) is 39.0 Å². The Balaban J connectivity index is 1.64. The standard InChI is InChI=1S/C20H41NO6/c1-2-3-4-9-22-10-11-23-12-13-24-14-15-25-16-17-26-18-19-27-20-5-7-21-8-6-20/h20-21H,2-19H2,1H3. The van der Waals surface area contributed by atoms with Crippen molar-refractivity contribution < 1.29 is 28.4 Å². The fourth-order valence-corrected chi connectivity index (χ4v) is 2.67. The zero-order valence-electron chi connectivity index (χ0n) is 17.3. The van der Waals surface area contributed by atoms with Crippen LogP contribution in [0.25, 0.3) is 0 Å². The topological polar surface area (TPSA) is 67.4 Å². The number of hydrogen-bond acceptors (Lipinski definition) is 7. The molecule has 0 radical (unpaired) electrons. The quantitative estimate of drug-likeness (QED) is 0.319. The van der Waals surface area contributed by atoms with Gasteiger partial charge in [0.25, 0.3) is 0 Å². The smallest absolute Gasteiger partial charge is 0.0704 e. The third-order valence-electron chi connectivity index (χ3n) is 4.25. The third-order valence-corrected chi connectivity index (χ3v) is 4.25. The predicted octanol–water partition coefficient (Wildman–Crippen LogP) is 2.03. The number of piperidine rings is 1. The van der Waals surface area contributed by atoms with E-state index in [0.717, 1.165) is 39.0 Å². The number of rotatable bonds is 20. The molecule has 162 valence electrons. The second-order valence-electron chi connectivity index (χ2n) is 6.59. The fourth-order valence-electron chi connectivity index (χ4n) is 2.67. The maximum absolute atomic E-state index is 5.77. The number of unbranched alkanes of at least 4 members (excludes halogenated alkanes) is 2. The fraction of sp³-hybridized carbons (Fsp3) is 1.00. The molecule has 7 heteroatoms. The van der Waals surface area contributed by atoms with Crippen LogP contribution in [0, 0.1) is 0 Å². The Morgan fingerprint density at radius 1 is 0.593 bits per heavy atom. The van der Waals surface area contributed by atoms with Crippen LogP contribution in [0.15, 0.2) is 0 Å². The van der Waals surface area contributed by atoms with E-state index in [0.29, 0.717) is 72.2 Å². The van der Waals surface area contributed by atoms with Gasteiger partial charge >= 0.3 is 0 Å². The van der Waals surface area contributed by atoms with Crippen molar-refractivity contribution in [2.45, 2.75) is 45.1 Å². The molecule has 0 unspecified atom stereocenters. The van der Waals surface area contributed by atoms with E-state index in [1.165, 1.54) is 12.8 Å². The molecule has 0 atom stereocenters. The molecule has 0 saturated carbocycles. The molecule has 27 heavy (non-hydrogen) atoms. The summed E-state index contributed by atoms with van der Waals surface area (Å²) in [6.07, 6.45) is 6.18. The van der Waals surface area contributed by atoms with Gasteiger partial charge in [0.2, 0.25) is 0 Å². The minimum Gasteiger partial charge on any atom is -0.379 e.